The van der Waals surface area contributed by atoms with Crippen LogP contribution in [0.2, 0.25) is 0 Å². The van der Waals surface area contributed by atoms with E-state index in [1.54, 1.807) is 0 Å². The molecule has 144 valence electrons. The largest absolute Gasteiger partial charge is 0.379 e. The van der Waals surface area contributed by atoms with Crippen LogP contribution >= 0.6 is 0 Å². The zero-order chi connectivity index (χ0) is 18.9. The molecule has 2 saturated heterocycles. The standard InChI is InChI=1S/C21H27N3O3/c1-16-19(17(2)27-22-16)12-24-14-21(10-20(24)25)13-23(8-9-26-15-21)11-18-6-4-3-5-7-18/h3-7H,8-15H2,1-2H3/t21-/m1/s1. The Bertz CT molecular complexity index is 785. The molecule has 2 fully saturated rings. The van der Waals surface area contributed by atoms with Crippen LogP contribution in [-0.2, 0) is 22.6 Å². The summed E-state index contributed by atoms with van der Waals surface area (Å²) in [5.74, 6) is 0.990. The second kappa shape index (κ2) is 7.44. The number of ether oxygens (including phenoxy) is 1. The number of rotatable bonds is 4. The summed E-state index contributed by atoms with van der Waals surface area (Å²) in [6.45, 7) is 9.15. The van der Waals surface area contributed by atoms with Gasteiger partial charge in [-0.3, -0.25) is 9.69 Å². The van der Waals surface area contributed by atoms with E-state index in [0.717, 1.165) is 43.2 Å². The van der Waals surface area contributed by atoms with Crippen molar-refractivity contribution in [3.63, 3.8) is 0 Å². The van der Waals surface area contributed by atoms with Gasteiger partial charge in [0.05, 0.1) is 25.5 Å². The fourth-order valence-electron chi connectivity index (χ4n) is 4.30. The predicted molar refractivity (Wildman–Crippen MR) is 101 cm³/mol. The van der Waals surface area contributed by atoms with Gasteiger partial charge in [0.25, 0.3) is 0 Å². The molecule has 6 heteroatoms. The van der Waals surface area contributed by atoms with Gasteiger partial charge in [0.15, 0.2) is 0 Å². The molecule has 0 saturated carbocycles. The molecular weight excluding hydrogens is 342 g/mol. The first-order valence-corrected chi connectivity index (χ1v) is 9.58. The van der Waals surface area contributed by atoms with Crippen molar-refractivity contribution in [3.8, 4) is 0 Å². The van der Waals surface area contributed by atoms with E-state index in [-0.39, 0.29) is 11.3 Å². The van der Waals surface area contributed by atoms with Crippen LogP contribution in [0.5, 0.6) is 0 Å². The van der Waals surface area contributed by atoms with E-state index >= 15 is 0 Å². The molecule has 2 aliphatic heterocycles. The second-order valence-electron chi connectivity index (χ2n) is 7.98. The van der Waals surface area contributed by atoms with Crippen molar-refractivity contribution in [1.29, 1.82) is 0 Å². The summed E-state index contributed by atoms with van der Waals surface area (Å²) in [4.78, 5) is 17.1. The Balaban J connectivity index is 1.47. The van der Waals surface area contributed by atoms with Crippen LogP contribution in [0.3, 0.4) is 0 Å². The first-order chi connectivity index (χ1) is 13.0. The normalized spacial score (nSPS) is 23.9. The van der Waals surface area contributed by atoms with Crippen LogP contribution in [0.4, 0.5) is 0 Å². The molecule has 0 aliphatic carbocycles. The van der Waals surface area contributed by atoms with Gasteiger partial charge in [0.2, 0.25) is 5.91 Å². The third-order valence-electron chi connectivity index (χ3n) is 5.70. The van der Waals surface area contributed by atoms with Crippen molar-refractivity contribution >= 4 is 5.91 Å². The molecule has 1 aromatic carbocycles. The maximum Gasteiger partial charge on any atom is 0.223 e. The summed E-state index contributed by atoms with van der Waals surface area (Å²) >= 11 is 0. The Morgan fingerprint density at radius 3 is 2.70 bits per heavy atom. The number of benzene rings is 1. The monoisotopic (exact) mass is 369 g/mol. The van der Waals surface area contributed by atoms with E-state index in [9.17, 15) is 4.79 Å². The van der Waals surface area contributed by atoms with Crippen molar-refractivity contribution in [2.45, 2.75) is 33.4 Å². The van der Waals surface area contributed by atoms with Crippen LogP contribution in [0.15, 0.2) is 34.9 Å². The van der Waals surface area contributed by atoms with Crippen LogP contribution in [0.1, 0.15) is 29.0 Å². The molecule has 2 aromatic rings. The third kappa shape index (κ3) is 3.92. The molecule has 1 amide bonds. The molecule has 2 aliphatic rings. The topological polar surface area (TPSA) is 58.8 Å². The van der Waals surface area contributed by atoms with Gasteiger partial charge in [0, 0.05) is 43.6 Å². The van der Waals surface area contributed by atoms with Crippen molar-refractivity contribution in [3.05, 3.63) is 52.9 Å². The van der Waals surface area contributed by atoms with Crippen molar-refractivity contribution in [2.75, 3.05) is 32.8 Å². The molecule has 4 rings (SSSR count). The number of aryl methyl sites for hydroxylation is 2. The Labute approximate surface area is 160 Å². The summed E-state index contributed by atoms with van der Waals surface area (Å²) in [7, 11) is 0. The summed E-state index contributed by atoms with van der Waals surface area (Å²) in [5, 5.41) is 4.02. The van der Waals surface area contributed by atoms with Gasteiger partial charge in [-0.2, -0.15) is 0 Å². The van der Waals surface area contributed by atoms with E-state index in [1.165, 1.54) is 5.56 Å². The molecule has 6 nitrogen and oxygen atoms in total. The Hall–Kier alpha value is -2.18. The van der Waals surface area contributed by atoms with Crippen molar-refractivity contribution in [2.24, 2.45) is 5.41 Å². The summed E-state index contributed by atoms with van der Waals surface area (Å²) < 4.78 is 11.2. The highest BCUT2D eigenvalue weighted by Crippen LogP contribution is 2.36. The summed E-state index contributed by atoms with van der Waals surface area (Å²) in [6, 6.07) is 10.5. The van der Waals surface area contributed by atoms with Gasteiger partial charge in [-0.15, -0.1) is 0 Å². The molecule has 3 heterocycles. The number of hydrogen-bond donors (Lipinski definition) is 0. The number of carbonyl (C=O) groups is 1. The smallest absolute Gasteiger partial charge is 0.223 e. The lowest BCUT2D eigenvalue weighted by Gasteiger charge is -2.31. The lowest BCUT2D eigenvalue weighted by molar-refractivity contribution is -0.128. The van der Waals surface area contributed by atoms with Gasteiger partial charge >= 0.3 is 0 Å². The average molecular weight is 369 g/mol. The number of aromatic nitrogens is 1. The molecule has 0 unspecified atom stereocenters. The molecule has 1 atom stereocenters. The number of carbonyl (C=O) groups excluding carboxylic acids is 1. The van der Waals surface area contributed by atoms with E-state index < -0.39 is 0 Å². The minimum Gasteiger partial charge on any atom is -0.379 e. The highest BCUT2D eigenvalue weighted by molar-refractivity contribution is 5.79. The zero-order valence-electron chi connectivity index (χ0n) is 16.1. The Kier molecular flexibility index (Phi) is 5.02. The number of nitrogens with zero attached hydrogens (tertiary/aromatic N) is 3. The van der Waals surface area contributed by atoms with Gasteiger partial charge in [-0.25, -0.2) is 0 Å². The molecule has 0 bridgehead atoms. The number of likely N-dealkylation sites (tertiary alicyclic amines) is 1. The van der Waals surface area contributed by atoms with Crippen LogP contribution in [0.25, 0.3) is 0 Å². The highest BCUT2D eigenvalue weighted by atomic mass is 16.5. The van der Waals surface area contributed by atoms with Crippen LogP contribution in [0, 0.1) is 19.3 Å². The van der Waals surface area contributed by atoms with E-state index in [2.05, 4.69) is 34.3 Å². The second-order valence-corrected chi connectivity index (χ2v) is 7.98. The lowest BCUT2D eigenvalue weighted by Crippen LogP contribution is -2.40. The minimum absolute atomic E-state index is 0.138. The van der Waals surface area contributed by atoms with Gasteiger partial charge in [0.1, 0.15) is 5.76 Å². The molecular formula is C21H27N3O3. The maximum absolute atomic E-state index is 12.8. The first kappa shape index (κ1) is 18.2. The van der Waals surface area contributed by atoms with Crippen LogP contribution in [-0.4, -0.2) is 53.7 Å². The Morgan fingerprint density at radius 1 is 1.15 bits per heavy atom. The fraction of sp³-hybridized carbons (Fsp3) is 0.524. The maximum atomic E-state index is 12.8. The Morgan fingerprint density at radius 2 is 1.96 bits per heavy atom. The van der Waals surface area contributed by atoms with Crippen molar-refractivity contribution in [1.82, 2.24) is 15.0 Å². The van der Waals surface area contributed by atoms with Crippen LogP contribution < -0.4 is 0 Å². The average Bonchev–Trinajstić information content (AvgIpc) is 3.04. The number of amides is 1. The molecule has 0 radical (unpaired) electrons. The predicted octanol–water partition coefficient (Wildman–Crippen LogP) is 2.54. The van der Waals surface area contributed by atoms with Gasteiger partial charge in [-0.05, 0) is 19.4 Å². The molecule has 1 aromatic heterocycles. The quantitative estimate of drug-likeness (QED) is 0.829. The number of hydrogen-bond acceptors (Lipinski definition) is 5. The minimum atomic E-state index is -0.138. The fourth-order valence-corrected chi connectivity index (χ4v) is 4.30. The molecule has 1 spiro atoms. The molecule has 27 heavy (non-hydrogen) atoms. The first-order valence-electron chi connectivity index (χ1n) is 9.58. The summed E-state index contributed by atoms with van der Waals surface area (Å²) in [5.41, 5.74) is 3.05. The van der Waals surface area contributed by atoms with E-state index in [4.69, 9.17) is 9.26 Å². The third-order valence-corrected chi connectivity index (χ3v) is 5.70. The van der Waals surface area contributed by atoms with Gasteiger partial charge in [-0.1, -0.05) is 35.5 Å². The lowest BCUT2D eigenvalue weighted by atomic mass is 9.87. The highest BCUT2D eigenvalue weighted by Gasteiger charge is 2.45. The SMILES string of the molecule is Cc1noc(C)c1CN1C[C@@]2(COCCN(Cc3ccccc3)C2)CC1=O. The van der Waals surface area contributed by atoms with Crippen molar-refractivity contribution < 1.29 is 14.1 Å². The zero-order valence-corrected chi connectivity index (χ0v) is 16.1. The summed E-state index contributed by atoms with van der Waals surface area (Å²) in [6.07, 6.45) is 0.543. The van der Waals surface area contributed by atoms with Gasteiger partial charge < -0.3 is 14.2 Å². The van der Waals surface area contributed by atoms with E-state index in [0.29, 0.717) is 26.2 Å². The molecule has 0 N–H and O–H groups in total. The van der Waals surface area contributed by atoms with E-state index in [1.807, 2.05) is 24.8 Å².